The summed E-state index contributed by atoms with van der Waals surface area (Å²) in [4.78, 5) is 24.0. The largest absolute Gasteiger partial charge is 0.461 e. The minimum Gasteiger partial charge on any atom is -0.461 e. The van der Waals surface area contributed by atoms with Crippen molar-refractivity contribution < 1.29 is 19.1 Å². The third kappa shape index (κ3) is 11.1. The molecule has 0 unspecified atom stereocenters. The number of carbonyl (C=O) groups is 2. The van der Waals surface area contributed by atoms with Crippen LogP contribution < -0.4 is 10.6 Å². The lowest BCUT2D eigenvalue weighted by atomic mass is 9.93. The number of piperidine rings is 2. The molecule has 0 radical (unpaired) electrons. The fraction of sp³-hybridized carbons (Fsp3) is 0.929. The summed E-state index contributed by atoms with van der Waals surface area (Å²) >= 11 is 0. The molecule has 2 aliphatic rings. The summed E-state index contributed by atoms with van der Waals surface area (Å²) in [7, 11) is 0. The molecule has 2 N–H and O–H groups in total. The van der Waals surface area contributed by atoms with Crippen molar-refractivity contribution in [3.63, 3.8) is 0 Å². The quantitative estimate of drug-likeness (QED) is 0.227. The lowest BCUT2D eigenvalue weighted by Crippen LogP contribution is -2.50. The van der Waals surface area contributed by atoms with Gasteiger partial charge in [-0.1, -0.05) is 52.4 Å². The van der Waals surface area contributed by atoms with Crippen molar-refractivity contribution in [3.05, 3.63) is 0 Å². The van der Waals surface area contributed by atoms with Gasteiger partial charge < -0.3 is 20.1 Å². The third-order valence-corrected chi connectivity index (χ3v) is 7.57. The van der Waals surface area contributed by atoms with E-state index < -0.39 is 0 Å². The number of ether oxygens (including phenoxy) is 2. The van der Waals surface area contributed by atoms with Gasteiger partial charge in [-0.2, -0.15) is 0 Å². The Balaban J connectivity index is 1.47. The van der Waals surface area contributed by atoms with E-state index in [0.29, 0.717) is 24.9 Å². The maximum absolute atomic E-state index is 12.3. The molecular formula is C28H52N2O4. The Kier molecular flexibility index (Phi) is 14.1. The van der Waals surface area contributed by atoms with Crippen molar-refractivity contribution >= 4 is 11.9 Å². The number of rotatable bonds is 15. The predicted octanol–water partition coefficient (Wildman–Crippen LogP) is 5.81. The molecule has 6 nitrogen and oxygen atoms in total. The van der Waals surface area contributed by atoms with Crippen molar-refractivity contribution in [2.24, 2.45) is 0 Å². The van der Waals surface area contributed by atoms with Gasteiger partial charge in [0.25, 0.3) is 0 Å². The molecule has 2 aliphatic heterocycles. The van der Waals surface area contributed by atoms with Crippen LogP contribution in [0.2, 0.25) is 0 Å². The Morgan fingerprint density at radius 1 is 0.647 bits per heavy atom. The monoisotopic (exact) mass is 480 g/mol. The normalized spacial score (nSPS) is 29.5. The molecule has 6 atom stereocenters. The van der Waals surface area contributed by atoms with Crippen molar-refractivity contribution in [3.8, 4) is 0 Å². The highest BCUT2D eigenvalue weighted by Crippen LogP contribution is 2.22. The molecule has 2 fully saturated rings. The number of nitrogens with one attached hydrogen (secondary N) is 2. The van der Waals surface area contributed by atoms with Crippen LogP contribution in [0.5, 0.6) is 0 Å². The molecule has 34 heavy (non-hydrogen) atoms. The van der Waals surface area contributed by atoms with Crippen LogP contribution in [-0.2, 0) is 19.1 Å². The van der Waals surface area contributed by atoms with E-state index in [9.17, 15) is 9.59 Å². The highest BCUT2D eigenvalue weighted by molar-refractivity contribution is 5.69. The predicted molar refractivity (Wildman–Crippen MR) is 138 cm³/mol. The molecular weight excluding hydrogens is 428 g/mol. The van der Waals surface area contributed by atoms with E-state index in [1.807, 2.05) is 6.92 Å². The van der Waals surface area contributed by atoms with E-state index in [0.717, 1.165) is 44.9 Å². The first-order valence-electron chi connectivity index (χ1n) is 14.3. The minimum absolute atomic E-state index is 0.0184. The number of unbranched alkanes of at least 4 members (excludes halogenated alkanes) is 5. The zero-order chi connectivity index (χ0) is 24.8. The van der Waals surface area contributed by atoms with Crippen LogP contribution in [0.25, 0.3) is 0 Å². The van der Waals surface area contributed by atoms with Crippen LogP contribution in [0, 0.1) is 0 Å². The molecule has 0 bridgehead atoms. The lowest BCUT2D eigenvalue weighted by Gasteiger charge is -2.35. The van der Waals surface area contributed by atoms with E-state index in [2.05, 4.69) is 31.4 Å². The van der Waals surface area contributed by atoms with Crippen LogP contribution in [-0.4, -0.2) is 48.3 Å². The minimum atomic E-state index is -0.0653. The van der Waals surface area contributed by atoms with Crippen LogP contribution in [0.15, 0.2) is 0 Å². The SMILES string of the molecule is CCCC[C@@H]1CC[C@H](OC(=O)CCCCCCC[C@@H]2CC[C@H](OC(=O)CCC)[C@H](C)N2)[C@H](C)N1. The van der Waals surface area contributed by atoms with Crippen LogP contribution in [0.1, 0.15) is 130 Å². The highest BCUT2D eigenvalue weighted by Gasteiger charge is 2.30. The smallest absolute Gasteiger partial charge is 0.306 e. The lowest BCUT2D eigenvalue weighted by molar-refractivity contribution is -0.153. The van der Waals surface area contributed by atoms with Crippen molar-refractivity contribution in [1.82, 2.24) is 10.6 Å². The molecule has 198 valence electrons. The average molecular weight is 481 g/mol. The Labute approximate surface area is 208 Å². The fourth-order valence-electron chi connectivity index (χ4n) is 5.43. The Bertz CT molecular complexity index is 585. The van der Waals surface area contributed by atoms with E-state index >= 15 is 0 Å². The van der Waals surface area contributed by atoms with Gasteiger partial charge in [0, 0.05) is 37.0 Å². The maximum atomic E-state index is 12.3. The van der Waals surface area contributed by atoms with Gasteiger partial charge in [0.1, 0.15) is 12.2 Å². The van der Waals surface area contributed by atoms with Gasteiger partial charge >= 0.3 is 11.9 Å². The van der Waals surface area contributed by atoms with Crippen LogP contribution >= 0.6 is 0 Å². The molecule has 0 aromatic heterocycles. The van der Waals surface area contributed by atoms with Crippen LogP contribution in [0.4, 0.5) is 0 Å². The molecule has 0 aromatic rings. The first-order chi connectivity index (χ1) is 16.4. The van der Waals surface area contributed by atoms with Gasteiger partial charge in [0.2, 0.25) is 0 Å². The Morgan fingerprint density at radius 2 is 1.15 bits per heavy atom. The number of hydrogen-bond acceptors (Lipinski definition) is 6. The Morgan fingerprint density at radius 3 is 1.68 bits per heavy atom. The summed E-state index contributed by atoms with van der Waals surface area (Å²) in [5.74, 6) is -0.0929. The summed E-state index contributed by atoms with van der Waals surface area (Å²) in [5, 5.41) is 7.28. The second-order valence-electron chi connectivity index (χ2n) is 10.7. The van der Waals surface area contributed by atoms with Gasteiger partial charge in [-0.15, -0.1) is 0 Å². The number of hydrogen-bond donors (Lipinski definition) is 2. The van der Waals surface area contributed by atoms with Crippen molar-refractivity contribution in [1.29, 1.82) is 0 Å². The fourth-order valence-corrected chi connectivity index (χ4v) is 5.43. The summed E-state index contributed by atoms with van der Waals surface area (Å²) in [6.45, 7) is 8.52. The number of carbonyl (C=O) groups excluding carboxylic acids is 2. The molecule has 0 amide bonds. The first-order valence-corrected chi connectivity index (χ1v) is 14.3. The highest BCUT2D eigenvalue weighted by atomic mass is 16.5. The topological polar surface area (TPSA) is 76.7 Å². The first kappa shape index (κ1) is 29.1. The van der Waals surface area contributed by atoms with Gasteiger partial charge in [0.05, 0.1) is 0 Å². The van der Waals surface area contributed by atoms with Crippen molar-refractivity contribution in [2.45, 2.75) is 167 Å². The van der Waals surface area contributed by atoms with Gasteiger partial charge in [-0.25, -0.2) is 0 Å². The zero-order valence-corrected chi connectivity index (χ0v) is 22.4. The zero-order valence-electron chi connectivity index (χ0n) is 22.4. The summed E-state index contributed by atoms with van der Waals surface area (Å²) < 4.78 is 11.4. The van der Waals surface area contributed by atoms with Crippen molar-refractivity contribution in [2.75, 3.05) is 0 Å². The molecule has 6 heteroatoms. The second-order valence-corrected chi connectivity index (χ2v) is 10.7. The van der Waals surface area contributed by atoms with E-state index in [1.54, 1.807) is 0 Å². The molecule has 2 rings (SSSR count). The summed E-state index contributed by atoms with van der Waals surface area (Å²) in [6.07, 6.45) is 16.6. The standard InChI is InChI=1S/C28H52N2O4/c1-5-7-14-23-17-19-26(22(4)29-23)34-28(32)16-12-10-8-9-11-15-24-18-20-25(21(3)30-24)33-27(31)13-6-2/h21-26,29-30H,5-20H2,1-4H3/t21-,22-,23+,24+,25-,26-/m0/s1. The molecule has 0 aliphatic carbocycles. The van der Waals surface area contributed by atoms with Gasteiger partial charge in [-0.3, -0.25) is 9.59 Å². The maximum Gasteiger partial charge on any atom is 0.306 e. The van der Waals surface area contributed by atoms with E-state index in [1.165, 1.54) is 44.9 Å². The van der Waals surface area contributed by atoms with E-state index in [-0.39, 0.29) is 36.2 Å². The summed E-state index contributed by atoms with van der Waals surface area (Å²) in [5.41, 5.74) is 0. The molecule has 0 saturated carbocycles. The van der Waals surface area contributed by atoms with Gasteiger partial charge in [0.15, 0.2) is 0 Å². The molecule has 0 spiro atoms. The second kappa shape index (κ2) is 16.5. The molecule has 0 aromatic carbocycles. The number of esters is 2. The van der Waals surface area contributed by atoms with Gasteiger partial charge in [-0.05, 0) is 65.2 Å². The third-order valence-electron chi connectivity index (χ3n) is 7.57. The van der Waals surface area contributed by atoms with E-state index in [4.69, 9.17) is 9.47 Å². The molecule has 2 heterocycles. The molecule has 2 saturated heterocycles. The Hall–Kier alpha value is -1.14. The average Bonchev–Trinajstić information content (AvgIpc) is 2.80. The summed E-state index contributed by atoms with van der Waals surface area (Å²) in [6, 6.07) is 1.60. The van der Waals surface area contributed by atoms with Crippen LogP contribution in [0.3, 0.4) is 0 Å².